The van der Waals surface area contributed by atoms with E-state index in [2.05, 4.69) is 55.2 Å². The first-order chi connectivity index (χ1) is 15.3. The van der Waals surface area contributed by atoms with Gasteiger partial charge in [-0.3, -0.25) is 4.79 Å². The molecule has 162 valence electrons. The minimum atomic E-state index is -0.263. The predicted molar refractivity (Wildman–Crippen MR) is 135 cm³/mol. The molecule has 32 heavy (non-hydrogen) atoms. The van der Waals surface area contributed by atoms with Crippen molar-refractivity contribution in [2.75, 3.05) is 12.4 Å². The SMILES string of the molecule is COc1c(Br)cc(Br)cc1/C=C/C(=O)Nc1ccc2oc(-c3ccc(C)cc3C)nc2c1. The molecule has 4 rings (SSSR count). The van der Waals surface area contributed by atoms with Crippen LogP contribution in [0.2, 0.25) is 0 Å². The van der Waals surface area contributed by atoms with Crippen LogP contribution in [0.15, 0.2) is 68.0 Å². The lowest BCUT2D eigenvalue weighted by atomic mass is 10.1. The zero-order valence-electron chi connectivity index (χ0n) is 17.7. The van der Waals surface area contributed by atoms with E-state index >= 15 is 0 Å². The molecule has 0 fully saturated rings. The van der Waals surface area contributed by atoms with Gasteiger partial charge in [-0.25, -0.2) is 4.98 Å². The first-order valence-electron chi connectivity index (χ1n) is 9.84. The van der Waals surface area contributed by atoms with E-state index in [4.69, 9.17) is 9.15 Å². The van der Waals surface area contributed by atoms with Crippen molar-refractivity contribution >= 4 is 60.6 Å². The Morgan fingerprint density at radius 3 is 2.66 bits per heavy atom. The van der Waals surface area contributed by atoms with Crippen LogP contribution < -0.4 is 10.1 Å². The Hall–Kier alpha value is -2.90. The third-order valence-corrected chi connectivity index (χ3v) is 5.97. The predicted octanol–water partition coefficient (Wildman–Crippen LogP) is 7.30. The van der Waals surface area contributed by atoms with Gasteiger partial charge in [0.05, 0.1) is 11.6 Å². The standard InChI is InChI=1S/C25H20Br2N2O3/c1-14-4-7-19(15(2)10-14)25-29-21-13-18(6-8-22(21)32-25)28-23(30)9-5-16-11-17(26)12-20(27)24(16)31-3/h4-13H,1-3H3,(H,28,30)/b9-5+. The Balaban J connectivity index is 1.55. The third-order valence-electron chi connectivity index (χ3n) is 4.92. The summed E-state index contributed by atoms with van der Waals surface area (Å²) in [6.07, 6.45) is 3.17. The van der Waals surface area contributed by atoms with Crippen molar-refractivity contribution in [3.63, 3.8) is 0 Å². The summed E-state index contributed by atoms with van der Waals surface area (Å²) in [5.74, 6) is 0.953. The molecule has 1 N–H and O–H groups in total. The molecule has 0 saturated heterocycles. The number of fused-ring (bicyclic) bond motifs is 1. The normalized spacial score (nSPS) is 11.3. The van der Waals surface area contributed by atoms with Gasteiger partial charge in [-0.2, -0.15) is 0 Å². The van der Waals surface area contributed by atoms with Crippen LogP contribution in [-0.4, -0.2) is 18.0 Å². The zero-order valence-corrected chi connectivity index (χ0v) is 20.9. The number of ether oxygens (including phenoxy) is 1. The fraction of sp³-hybridized carbons (Fsp3) is 0.120. The molecular formula is C25H20Br2N2O3. The number of methoxy groups -OCH3 is 1. The zero-order chi connectivity index (χ0) is 22.8. The molecule has 5 nitrogen and oxygen atoms in total. The first kappa shape index (κ1) is 22.3. The highest BCUT2D eigenvalue weighted by atomic mass is 79.9. The first-order valence-corrected chi connectivity index (χ1v) is 11.4. The Labute approximate surface area is 202 Å². The van der Waals surface area contributed by atoms with Gasteiger partial charge in [0.2, 0.25) is 11.8 Å². The third kappa shape index (κ3) is 4.79. The van der Waals surface area contributed by atoms with Gasteiger partial charge < -0.3 is 14.5 Å². The van der Waals surface area contributed by atoms with Crippen molar-refractivity contribution in [2.24, 2.45) is 0 Å². The summed E-state index contributed by atoms with van der Waals surface area (Å²) < 4.78 is 13.0. The fourth-order valence-corrected chi connectivity index (χ4v) is 4.86. The maximum Gasteiger partial charge on any atom is 0.248 e. The number of hydrogen-bond acceptors (Lipinski definition) is 4. The largest absolute Gasteiger partial charge is 0.495 e. The molecule has 4 aromatic rings. The van der Waals surface area contributed by atoms with Crippen molar-refractivity contribution in [1.29, 1.82) is 0 Å². The number of rotatable bonds is 5. The fourth-order valence-electron chi connectivity index (χ4n) is 3.44. The molecule has 0 atom stereocenters. The number of nitrogens with zero attached hydrogens (tertiary/aromatic N) is 1. The lowest BCUT2D eigenvalue weighted by molar-refractivity contribution is -0.111. The van der Waals surface area contributed by atoms with Crippen LogP contribution in [0.3, 0.4) is 0 Å². The monoisotopic (exact) mass is 554 g/mol. The second-order valence-corrected chi connectivity index (χ2v) is 9.12. The highest BCUT2D eigenvalue weighted by Gasteiger charge is 2.12. The molecular weight excluding hydrogens is 536 g/mol. The van der Waals surface area contributed by atoms with E-state index in [9.17, 15) is 4.79 Å². The molecule has 1 amide bonds. The number of aryl methyl sites for hydroxylation is 2. The van der Waals surface area contributed by atoms with E-state index in [0.29, 0.717) is 28.4 Å². The van der Waals surface area contributed by atoms with Crippen LogP contribution in [0.25, 0.3) is 28.6 Å². The van der Waals surface area contributed by atoms with Gasteiger partial charge in [0.1, 0.15) is 11.3 Å². The van der Waals surface area contributed by atoms with E-state index in [-0.39, 0.29) is 5.91 Å². The van der Waals surface area contributed by atoms with Gasteiger partial charge in [-0.15, -0.1) is 0 Å². The number of amides is 1. The highest BCUT2D eigenvalue weighted by molar-refractivity contribution is 9.11. The second kappa shape index (κ2) is 9.30. The number of oxazole rings is 1. The van der Waals surface area contributed by atoms with E-state index < -0.39 is 0 Å². The van der Waals surface area contributed by atoms with E-state index in [1.807, 2.05) is 37.3 Å². The van der Waals surface area contributed by atoms with E-state index in [1.165, 1.54) is 11.6 Å². The Morgan fingerprint density at radius 1 is 1.09 bits per heavy atom. The quantitative estimate of drug-likeness (QED) is 0.262. The van der Waals surface area contributed by atoms with E-state index in [0.717, 1.165) is 25.6 Å². The Kier molecular flexibility index (Phi) is 6.48. The molecule has 0 spiro atoms. The van der Waals surface area contributed by atoms with Crippen LogP contribution in [0.4, 0.5) is 5.69 Å². The summed E-state index contributed by atoms with van der Waals surface area (Å²) in [7, 11) is 1.59. The smallest absolute Gasteiger partial charge is 0.248 e. The summed E-state index contributed by atoms with van der Waals surface area (Å²) in [5, 5.41) is 2.87. The molecule has 0 aliphatic heterocycles. The minimum Gasteiger partial charge on any atom is -0.495 e. The van der Waals surface area contributed by atoms with Gasteiger partial charge >= 0.3 is 0 Å². The number of nitrogens with one attached hydrogen (secondary N) is 1. The van der Waals surface area contributed by atoms with Crippen molar-refractivity contribution in [3.8, 4) is 17.2 Å². The molecule has 0 radical (unpaired) electrons. The molecule has 7 heteroatoms. The van der Waals surface area contributed by atoms with Gasteiger partial charge in [-0.05, 0) is 77.8 Å². The summed E-state index contributed by atoms with van der Waals surface area (Å²) in [6, 6.07) is 15.3. The number of anilines is 1. The van der Waals surface area contributed by atoms with Crippen molar-refractivity contribution in [2.45, 2.75) is 13.8 Å². The molecule has 0 bridgehead atoms. The molecule has 0 saturated carbocycles. The van der Waals surface area contributed by atoms with Gasteiger partial charge in [-0.1, -0.05) is 33.6 Å². The van der Waals surface area contributed by atoms with Crippen LogP contribution in [-0.2, 0) is 4.79 Å². The topological polar surface area (TPSA) is 64.4 Å². The van der Waals surface area contributed by atoms with Crippen molar-refractivity contribution in [1.82, 2.24) is 4.98 Å². The van der Waals surface area contributed by atoms with Crippen molar-refractivity contribution < 1.29 is 13.9 Å². The Morgan fingerprint density at radius 2 is 1.91 bits per heavy atom. The maximum atomic E-state index is 12.5. The number of carbonyl (C=O) groups is 1. The molecule has 1 aromatic heterocycles. The molecule has 3 aromatic carbocycles. The number of hydrogen-bond donors (Lipinski definition) is 1. The van der Waals surface area contributed by atoms with Gasteiger partial charge in [0.15, 0.2) is 5.58 Å². The number of benzene rings is 3. The van der Waals surface area contributed by atoms with Crippen molar-refractivity contribution in [3.05, 3.63) is 80.2 Å². The average molecular weight is 556 g/mol. The van der Waals surface area contributed by atoms with Crippen LogP contribution in [0, 0.1) is 13.8 Å². The van der Waals surface area contributed by atoms with Crippen LogP contribution in [0.1, 0.15) is 16.7 Å². The summed E-state index contributed by atoms with van der Waals surface area (Å²) >= 11 is 6.91. The average Bonchev–Trinajstić information content (AvgIpc) is 3.15. The molecule has 1 heterocycles. The lowest BCUT2D eigenvalue weighted by Crippen LogP contribution is -2.07. The minimum absolute atomic E-state index is 0.263. The number of carbonyl (C=O) groups excluding carboxylic acids is 1. The molecule has 0 aliphatic carbocycles. The summed E-state index contributed by atoms with van der Waals surface area (Å²) in [4.78, 5) is 17.1. The summed E-state index contributed by atoms with van der Waals surface area (Å²) in [6.45, 7) is 4.09. The second-order valence-electron chi connectivity index (χ2n) is 7.35. The van der Waals surface area contributed by atoms with Gasteiger partial charge in [0, 0.05) is 27.4 Å². The molecule has 0 aliphatic rings. The highest BCUT2D eigenvalue weighted by Crippen LogP contribution is 2.33. The lowest BCUT2D eigenvalue weighted by Gasteiger charge is -2.08. The maximum absolute atomic E-state index is 12.5. The van der Waals surface area contributed by atoms with E-state index in [1.54, 1.807) is 25.3 Å². The van der Waals surface area contributed by atoms with Gasteiger partial charge in [0.25, 0.3) is 0 Å². The number of halogens is 2. The summed E-state index contributed by atoms with van der Waals surface area (Å²) in [5.41, 5.74) is 5.99. The Bertz CT molecular complexity index is 1360. The number of aromatic nitrogens is 1. The van der Waals surface area contributed by atoms with Crippen LogP contribution in [0.5, 0.6) is 5.75 Å². The van der Waals surface area contributed by atoms with Crippen LogP contribution >= 0.6 is 31.9 Å². The molecule has 0 unspecified atom stereocenters.